The number of nitrogens with zero attached hydrogens (tertiary/aromatic N) is 1. The van der Waals surface area contributed by atoms with Gasteiger partial charge in [-0.05, 0) is 58.0 Å². The van der Waals surface area contributed by atoms with E-state index in [-0.39, 0.29) is 29.3 Å². The van der Waals surface area contributed by atoms with Crippen molar-refractivity contribution in [1.29, 1.82) is 0 Å². The average molecular weight is 390 g/mol. The molecule has 1 amide bonds. The molecule has 1 aromatic rings. The minimum atomic E-state index is -3.55. The third-order valence-electron chi connectivity index (χ3n) is 4.33. The molecule has 1 aliphatic rings. The first-order valence-electron chi connectivity index (χ1n) is 8.51. The maximum absolute atomic E-state index is 12.9. The fourth-order valence-electron chi connectivity index (χ4n) is 2.93. The van der Waals surface area contributed by atoms with Crippen LogP contribution >= 0.6 is 12.4 Å². The van der Waals surface area contributed by atoms with Gasteiger partial charge in [0.2, 0.25) is 10.0 Å². The van der Waals surface area contributed by atoms with Crippen LogP contribution in [0, 0.1) is 0 Å². The molecule has 6 nitrogen and oxygen atoms in total. The zero-order valence-electron chi connectivity index (χ0n) is 14.8. The molecule has 142 valence electrons. The van der Waals surface area contributed by atoms with Crippen LogP contribution in [0.4, 0.5) is 0 Å². The lowest BCUT2D eigenvalue weighted by atomic mass is 10.1. The Labute approximate surface area is 156 Å². The van der Waals surface area contributed by atoms with Crippen molar-refractivity contribution >= 4 is 28.3 Å². The Morgan fingerprint density at radius 2 is 2.04 bits per heavy atom. The molecule has 2 rings (SSSR count). The first kappa shape index (κ1) is 21.9. The number of amides is 1. The normalized spacial score (nSPS) is 18.4. The van der Waals surface area contributed by atoms with Gasteiger partial charge < -0.3 is 10.6 Å². The van der Waals surface area contributed by atoms with Crippen LogP contribution in [0.3, 0.4) is 0 Å². The van der Waals surface area contributed by atoms with E-state index < -0.39 is 10.0 Å². The number of nitrogens with one attached hydrogen (secondary N) is 2. The molecule has 0 spiro atoms. The third kappa shape index (κ3) is 5.67. The highest BCUT2D eigenvalue weighted by atomic mass is 35.5. The summed E-state index contributed by atoms with van der Waals surface area (Å²) in [5.41, 5.74) is 0.380. The molecular weight excluding hydrogens is 362 g/mol. The van der Waals surface area contributed by atoms with E-state index in [9.17, 15) is 13.2 Å². The second-order valence-electron chi connectivity index (χ2n) is 6.20. The Bertz CT molecular complexity index is 667. The third-order valence-corrected chi connectivity index (χ3v) is 6.34. The first-order chi connectivity index (χ1) is 11.5. The van der Waals surface area contributed by atoms with E-state index in [4.69, 9.17) is 0 Å². The van der Waals surface area contributed by atoms with Crippen LogP contribution in [0.5, 0.6) is 0 Å². The highest BCUT2D eigenvalue weighted by molar-refractivity contribution is 7.89. The summed E-state index contributed by atoms with van der Waals surface area (Å²) in [4.78, 5) is 12.4. The van der Waals surface area contributed by atoms with Gasteiger partial charge in [-0.25, -0.2) is 8.42 Å². The lowest BCUT2D eigenvalue weighted by molar-refractivity contribution is 0.0953. The number of benzene rings is 1. The molecule has 1 aromatic carbocycles. The van der Waals surface area contributed by atoms with E-state index in [1.165, 1.54) is 6.07 Å². The second-order valence-corrected chi connectivity index (χ2v) is 8.09. The SMILES string of the molecule is CNCCCNC(=O)c1cccc(S(=O)(=O)N2CCCCC2C)c1.Cl. The van der Waals surface area contributed by atoms with Gasteiger partial charge in [-0.15, -0.1) is 12.4 Å². The lowest BCUT2D eigenvalue weighted by Crippen LogP contribution is -2.42. The van der Waals surface area contributed by atoms with E-state index in [1.54, 1.807) is 22.5 Å². The standard InChI is InChI=1S/C17H27N3O3S.ClH/c1-14-7-3-4-12-20(14)24(22,23)16-9-5-8-15(13-16)17(21)19-11-6-10-18-2;/h5,8-9,13-14,18H,3-4,6-7,10-12H2,1-2H3,(H,19,21);1H. The zero-order chi connectivity index (χ0) is 17.6. The second kappa shape index (κ2) is 10.1. The summed E-state index contributed by atoms with van der Waals surface area (Å²) in [5, 5.41) is 5.83. The van der Waals surface area contributed by atoms with Crippen LogP contribution < -0.4 is 10.6 Å². The summed E-state index contributed by atoms with van der Waals surface area (Å²) < 4.78 is 27.3. The van der Waals surface area contributed by atoms with E-state index in [0.717, 1.165) is 32.2 Å². The Hall–Kier alpha value is -1.15. The number of carbonyl (C=O) groups excluding carboxylic acids is 1. The van der Waals surface area contributed by atoms with Gasteiger partial charge in [0.05, 0.1) is 4.90 Å². The molecule has 1 aliphatic heterocycles. The first-order valence-corrected chi connectivity index (χ1v) is 9.95. The largest absolute Gasteiger partial charge is 0.352 e. The Balaban J connectivity index is 0.00000312. The lowest BCUT2D eigenvalue weighted by Gasteiger charge is -2.32. The maximum Gasteiger partial charge on any atom is 0.251 e. The van der Waals surface area contributed by atoms with Crippen LogP contribution in [0.2, 0.25) is 0 Å². The monoisotopic (exact) mass is 389 g/mol. The fraction of sp³-hybridized carbons (Fsp3) is 0.588. The molecular formula is C17H28ClN3O3S. The Morgan fingerprint density at radius 1 is 1.28 bits per heavy atom. The molecule has 1 unspecified atom stereocenters. The number of sulfonamides is 1. The number of piperidine rings is 1. The quantitative estimate of drug-likeness (QED) is 0.699. The van der Waals surface area contributed by atoms with Crippen molar-refractivity contribution in [2.24, 2.45) is 0 Å². The number of halogens is 1. The summed E-state index contributed by atoms with van der Waals surface area (Å²) in [7, 11) is -1.69. The number of hydrogen-bond acceptors (Lipinski definition) is 4. The van der Waals surface area contributed by atoms with Crippen LogP contribution in [0.1, 0.15) is 43.0 Å². The summed E-state index contributed by atoms with van der Waals surface area (Å²) in [5.74, 6) is -0.241. The molecule has 1 atom stereocenters. The summed E-state index contributed by atoms with van der Waals surface area (Å²) in [6.45, 7) is 3.86. The molecule has 8 heteroatoms. The van der Waals surface area contributed by atoms with Crippen molar-refractivity contribution in [2.45, 2.75) is 43.5 Å². The van der Waals surface area contributed by atoms with Crippen molar-refractivity contribution in [1.82, 2.24) is 14.9 Å². The Kier molecular flexibility index (Phi) is 8.85. The average Bonchev–Trinajstić information content (AvgIpc) is 2.59. The van der Waals surface area contributed by atoms with E-state index in [1.807, 2.05) is 14.0 Å². The minimum Gasteiger partial charge on any atom is -0.352 e. The van der Waals surface area contributed by atoms with Crippen molar-refractivity contribution in [3.05, 3.63) is 29.8 Å². The fourth-order valence-corrected chi connectivity index (χ4v) is 4.68. The predicted molar refractivity (Wildman–Crippen MR) is 102 cm³/mol. The number of rotatable bonds is 7. The van der Waals surface area contributed by atoms with Gasteiger partial charge in [0.1, 0.15) is 0 Å². The number of carbonyl (C=O) groups is 1. The molecule has 0 aromatic heterocycles. The topological polar surface area (TPSA) is 78.5 Å². The minimum absolute atomic E-state index is 0. The van der Waals surface area contributed by atoms with E-state index in [2.05, 4.69) is 10.6 Å². The predicted octanol–water partition coefficient (Wildman–Crippen LogP) is 2.01. The summed E-state index contributed by atoms with van der Waals surface area (Å²) in [6.07, 6.45) is 3.65. The molecule has 0 bridgehead atoms. The molecule has 0 aliphatic carbocycles. The van der Waals surface area contributed by atoms with Crippen molar-refractivity contribution in [3.8, 4) is 0 Å². The zero-order valence-corrected chi connectivity index (χ0v) is 16.5. The van der Waals surface area contributed by atoms with Crippen molar-refractivity contribution in [3.63, 3.8) is 0 Å². The smallest absolute Gasteiger partial charge is 0.251 e. The van der Waals surface area contributed by atoms with Gasteiger partial charge in [0, 0.05) is 24.7 Å². The molecule has 1 heterocycles. The maximum atomic E-state index is 12.9. The highest BCUT2D eigenvalue weighted by Crippen LogP contribution is 2.25. The number of hydrogen-bond donors (Lipinski definition) is 2. The van der Waals surface area contributed by atoms with Crippen molar-refractivity contribution < 1.29 is 13.2 Å². The highest BCUT2D eigenvalue weighted by Gasteiger charge is 2.31. The van der Waals surface area contributed by atoms with Gasteiger partial charge in [0.25, 0.3) is 5.91 Å². The molecule has 1 fully saturated rings. The van der Waals surface area contributed by atoms with Crippen LogP contribution in [0.25, 0.3) is 0 Å². The van der Waals surface area contributed by atoms with Crippen LogP contribution in [0.15, 0.2) is 29.2 Å². The molecule has 25 heavy (non-hydrogen) atoms. The van der Waals surface area contributed by atoms with E-state index >= 15 is 0 Å². The van der Waals surface area contributed by atoms with Gasteiger partial charge >= 0.3 is 0 Å². The van der Waals surface area contributed by atoms with E-state index in [0.29, 0.717) is 18.7 Å². The van der Waals surface area contributed by atoms with Crippen molar-refractivity contribution in [2.75, 3.05) is 26.7 Å². The van der Waals surface area contributed by atoms with Gasteiger partial charge in [-0.2, -0.15) is 4.31 Å². The van der Waals surface area contributed by atoms with Crippen LogP contribution in [-0.2, 0) is 10.0 Å². The Morgan fingerprint density at radius 3 is 2.72 bits per heavy atom. The van der Waals surface area contributed by atoms with Gasteiger partial charge in [-0.1, -0.05) is 12.5 Å². The molecule has 2 N–H and O–H groups in total. The summed E-state index contributed by atoms with van der Waals surface area (Å²) in [6, 6.07) is 6.32. The summed E-state index contributed by atoms with van der Waals surface area (Å²) >= 11 is 0. The molecule has 0 radical (unpaired) electrons. The van der Waals surface area contributed by atoms with Crippen LogP contribution in [-0.4, -0.2) is 51.4 Å². The molecule has 1 saturated heterocycles. The van der Waals surface area contributed by atoms with Gasteiger partial charge in [-0.3, -0.25) is 4.79 Å². The van der Waals surface area contributed by atoms with Gasteiger partial charge in [0.15, 0.2) is 0 Å². The molecule has 0 saturated carbocycles.